The standard InChI is InChI=1S/C21H26N2S2/c1-21(2,19-7-3-17(4-8-19)11-13-22-15-24)20-9-5-18(6-10-20)12-14-23-16-25/h3-10,15-16H,11-14H2,1-2H3,(H,22,24)(H,23,25). The molecular weight excluding hydrogens is 344 g/mol. The van der Waals surface area contributed by atoms with Crippen LogP contribution in [0.2, 0.25) is 0 Å². The van der Waals surface area contributed by atoms with E-state index in [2.05, 4.69) is 73.0 Å². The molecule has 0 saturated carbocycles. The van der Waals surface area contributed by atoms with Crippen molar-refractivity contribution in [1.29, 1.82) is 0 Å². The van der Waals surface area contributed by atoms with Gasteiger partial charge >= 0.3 is 0 Å². The van der Waals surface area contributed by atoms with Crippen molar-refractivity contribution >= 4 is 35.4 Å². The molecule has 0 amide bonds. The van der Waals surface area contributed by atoms with Gasteiger partial charge in [0.2, 0.25) is 0 Å². The van der Waals surface area contributed by atoms with Crippen LogP contribution in [0.3, 0.4) is 0 Å². The van der Waals surface area contributed by atoms with E-state index in [0.29, 0.717) is 0 Å². The van der Waals surface area contributed by atoms with Gasteiger partial charge in [0.15, 0.2) is 0 Å². The predicted molar refractivity (Wildman–Crippen MR) is 116 cm³/mol. The number of hydrogen-bond acceptors (Lipinski definition) is 2. The molecule has 0 saturated heterocycles. The molecule has 25 heavy (non-hydrogen) atoms. The van der Waals surface area contributed by atoms with E-state index in [9.17, 15) is 0 Å². The summed E-state index contributed by atoms with van der Waals surface area (Å²) in [5, 5.41) is 6.14. The van der Waals surface area contributed by atoms with Gasteiger partial charge in [-0.25, -0.2) is 0 Å². The van der Waals surface area contributed by atoms with Gasteiger partial charge in [-0.05, 0) is 35.1 Å². The molecule has 2 aromatic rings. The minimum absolute atomic E-state index is 0.0175. The Morgan fingerprint density at radius 3 is 1.40 bits per heavy atom. The lowest BCUT2D eigenvalue weighted by Gasteiger charge is -2.26. The Labute approximate surface area is 162 Å². The lowest BCUT2D eigenvalue weighted by molar-refractivity contribution is 0.640. The van der Waals surface area contributed by atoms with Crippen LogP contribution in [0.15, 0.2) is 48.5 Å². The molecule has 2 nitrogen and oxygen atoms in total. The summed E-state index contributed by atoms with van der Waals surface area (Å²) in [6.45, 7) is 6.31. The lowest BCUT2D eigenvalue weighted by atomic mass is 9.77. The van der Waals surface area contributed by atoms with Crippen LogP contribution in [-0.2, 0) is 18.3 Å². The highest BCUT2D eigenvalue weighted by atomic mass is 32.1. The van der Waals surface area contributed by atoms with E-state index in [1.807, 2.05) is 0 Å². The van der Waals surface area contributed by atoms with Gasteiger partial charge in [-0.2, -0.15) is 0 Å². The molecule has 0 bridgehead atoms. The maximum Gasteiger partial charge on any atom is 0.0614 e. The minimum atomic E-state index is -0.0175. The van der Waals surface area contributed by atoms with Crippen molar-refractivity contribution in [2.75, 3.05) is 13.1 Å². The van der Waals surface area contributed by atoms with Crippen LogP contribution < -0.4 is 10.6 Å². The van der Waals surface area contributed by atoms with Crippen LogP contribution in [0.1, 0.15) is 36.1 Å². The number of thiocarbonyl (C=S) groups is 2. The second-order valence-corrected chi connectivity index (χ2v) is 7.13. The number of rotatable bonds is 10. The maximum absolute atomic E-state index is 4.78. The first-order valence-electron chi connectivity index (χ1n) is 8.61. The van der Waals surface area contributed by atoms with Crippen molar-refractivity contribution in [3.05, 3.63) is 70.8 Å². The first-order chi connectivity index (χ1) is 12.1. The molecular formula is C21H26N2S2. The van der Waals surface area contributed by atoms with E-state index in [-0.39, 0.29) is 5.41 Å². The third-order valence-corrected chi connectivity index (χ3v) is 4.97. The minimum Gasteiger partial charge on any atom is -0.382 e. The van der Waals surface area contributed by atoms with Crippen molar-refractivity contribution in [2.45, 2.75) is 32.1 Å². The predicted octanol–water partition coefficient (Wildman–Crippen LogP) is 4.19. The Bertz CT molecular complexity index is 617. The van der Waals surface area contributed by atoms with E-state index < -0.39 is 0 Å². The van der Waals surface area contributed by atoms with E-state index in [1.165, 1.54) is 22.3 Å². The fourth-order valence-electron chi connectivity index (χ4n) is 2.89. The van der Waals surface area contributed by atoms with Gasteiger partial charge < -0.3 is 10.6 Å². The zero-order valence-electron chi connectivity index (χ0n) is 14.9. The van der Waals surface area contributed by atoms with Gasteiger partial charge in [0.05, 0.1) is 11.0 Å². The normalized spacial score (nSPS) is 11.0. The van der Waals surface area contributed by atoms with Crippen LogP contribution in [0, 0.1) is 0 Å². The van der Waals surface area contributed by atoms with Gasteiger partial charge in [-0.3, -0.25) is 0 Å². The van der Waals surface area contributed by atoms with Crippen LogP contribution >= 0.6 is 24.4 Å². The van der Waals surface area contributed by atoms with Crippen molar-refractivity contribution < 1.29 is 0 Å². The van der Waals surface area contributed by atoms with Crippen LogP contribution in [0.5, 0.6) is 0 Å². The average molecular weight is 371 g/mol. The molecule has 0 aromatic heterocycles. The summed E-state index contributed by atoms with van der Waals surface area (Å²) >= 11 is 9.57. The third-order valence-electron chi connectivity index (χ3n) is 4.63. The second-order valence-electron chi connectivity index (χ2n) is 6.66. The molecule has 0 atom stereocenters. The summed E-state index contributed by atoms with van der Waals surface area (Å²) in [5.74, 6) is 0. The zero-order chi connectivity index (χ0) is 18.1. The molecule has 0 fully saturated rings. The molecule has 0 spiro atoms. The van der Waals surface area contributed by atoms with Crippen LogP contribution in [0.25, 0.3) is 0 Å². The summed E-state index contributed by atoms with van der Waals surface area (Å²) < 4.78 is 0. The van der Waals surface area contributed by atoms with Gasteiger partial charge in [-0.15, -0.1) is 0 Å². The van der Waals surface area contributed by atoms with Crippen LogP contribution in [0.4, 0.5) is 0 Å². The average Bonchev–Trinajstić information content (AvgIpc) is 2.63. The highest BCUT2D eigenvalue weighted by molar-refractivity contribution is 7.79. The Hall–Kier alpha value is -1.78. The molecule has 4 heteroatoms. The second kappa shape index (κ2) is 9.64. The molecule has 2 rings (SSSR count). The Morgan fingerprint density at radius 1 is 0.720 bits per heavy atom. The van der Waals surface area contributed by atoms with E-state index in [0.717, 1.165) is 25.9 Å². The topological polar surface area (TPSA) is 24.1 Å². The van der Waals surface area contributed by atoms with E-state index >= 15 is 0 Å². The molecule has 2 N–H and O–H groups in total. The van der Waals surface area contributed by atoms with E-state index in [1.54, 1.807) is 11.0 Å². The molecule has 0 radical (unpaired) electrons. The Morgan fingerprint density at radius 2 is 1.08 bits per heavy atom. The summed E-state index contributed by atoms with van der Waals surface area (Å²) in [5.41, 5.74) is 8.44. The summed E-state index contributed by atoms with van der Waals surface area (Å²) in [6, 6.07) is 17.8. The molecule has 2 aromatic carbocycles. The van der Waals surface area contributed by atoms with Crippen molar-refractivity contribution in [1.82, 2.24) is 10.6 Å². The first-order valence-corrected chi connectivity index (χ1v) is 9.55. The number of nitrogens with one attached hydrogen (secondary N) is 2. The van der Waals surface area contributed by atoms with Gasteiger partial charge in [0.1, 0.15) is 0 Å². The SMILES string of the molecule is CC(C)(c1ccc(CCNC=S)cc1)c1ccc(CCNC=S)cc1. The quantitative estimate of drug-likeness (QED) is 0.484. The van der Waals surface area contributed by atoms with Crippen molar-refractivity contribution in [2.24, 2.45) is 0 Å². The number of benzene rings is 2. The molecule has 0 heterocycles. The van der Waals surface area contributed by atoms with E-state index in [4.69, 9.17) is 24.4 Å². The molecule has 0 aliphatic heterocycles. The van der Waals surface area contributed by atoms with Gasteiger partial charge in [0, 0.05) is 18.5 Å². The van der Waals surface area contributed by atoms with Gasteiger partial charge in [-0.1, -0.05) is 86.8 Å². The lowest BCUT2D eigenvalue weighted by Crippen LogP contribution is -2.19. The molecule has 0 unspecified atom stereocenters. The fourth-order valence-corrected chi connectivity index (χ4v) is 3.13. The van der Waals surface area contributed by atoms with Crippen LogP contribution in [-0.4, -0.2) is 24.1 Å². The summed E-state index contributed by atoms with van der Waals surface area (Å²) in [4.78, 5) is 0. The smallest absolute Gasteiger partial charge is 0.0614 e. The molecule has 132 valence electrons. The summed E-state index contributed by atoms with van der Waals surface area (Å²) in [6.07, 6.45) is 1.97. The monoisotopic (exact) mass is 370 g/mol. The maximum atomic E-state index is 4.78. The Balaban J connectivity index is 2.06. The highest BCUT2D eigenvalue weighted by Crippen LogP contribution is 2.31. The molecule has 0 aliphatic rings. The molecule has 0 aliphatic carbocycles. The largest absolute Gasteiger partial charge is 0.382 e. The number of hydrogen-bond donors (Lipinski definition) is 2. The highest BCUT2D eigenvalue weighted by Gasteiger charge is 2.22. The first kappa shape index (κ1) is 19.5. The zero-order valence-corrected chi connectivity index (χ0v) is 16.6. The third kappa shape index (κ3) is 5.62. The van der Waals surface area contributed by atoms with Crippen molar-refractivity contribution in [3.8, 4) is 0 Å². The Kier molecular flexibility index (Phi) is 7.53. The fraction of sp³-hybridized carbons (Fsp3) is 0.333. The van der Waals surface area contributed by atoms with Crippen molar-refractivity contribution in [3.63, 3.8) is 0 Å². The van der Waals surface area contributed by atoms with Gasteiger partial charge in [0.25, 0.3) is 0 Å². The summed E-state index contributed by atoms with van der Waals surface area (Å²) in [7, 11) is 0.